The first-order chi connectivity index (χ1) is 8.31. The summed E-state index contributed by atoms with van der Waals surface area (Å²) in [6.07, 6.45) is 3.70. The van der Waals surface area contributed by atoms with Crippen molar-refractivity contribution in [2.45, 2.75) is 37.5 Å². The minimum absolute atomic E-state index is 0.479. The summed E-state index contributed by atoms with van der Waals surface area (Å²) < 4.78 is 0. The molecule has 0 saturated heterocycles. The van der Waals surface area contributed by atoms with Gasteiger partial charge in [-0.3, -0.25) is 0 Å². The lowest BCUT2D eigenvalue weighted by atomic mass is 10.2. The van der Waals surface area contributed by atoms with Crippen LogP contribution in [-0.2, 0) is 0 Å². The summed E-state index contributed by atoms with van der Waals surface area (Å²) in [6.45, 7) is 2.21. The second kappa shape index (κ2) is 5.92. The minimum Gasteiger partial charge on any atom is -0.367 e. The van der Waals surface area contributed by atoms with Crippen LogP contribution in [0, 0.1) is 11.3 Å². The fourth-order valence-corrected chi connectivity index (χ4v) is 3.39. The van der Waals surface area contributed by atoms with Gasteiger partial charge in [0.15, 0.2) is 0 Å². The van der Waals surface area contributed by atoms with Gasteiger partial charge in [-0.2, -0.15) is 17.0 Å². The van der Waals surface area contributed by atoms with Gasteiger partial charge in [0.25, 0.3) is 0 Å². The Bertz CT molecular complexity index is 413. The van der Waals surface area contributed by atoms with Gasteiger partial charge in [0.1, 0.15) is 17.6 Å². The molecule has 1 aliphatic carbocycles. The molecule has 4 heteroatoms. The predicted octanol–water partition coefficient (Wildman–Crippen LogP) is 3.04. The molecule has 0 spiro atoms. The molecule has 0 amide bonds. The van der Waals surface area contributed by atoms with Crippen LogP contribution < -0.4 is 5.32 Å². The molecule has 1 aromatic rings. The lowest BCUT2D eigenvalue weighted by Crippen LogP contribution is -2.17. The summed E-state index contributed by atoms with van der Waals surface area (Å²) in [5.74, 6) is 2.02. The van der Waals surface area contributed by atoms with Crippen LogP contribution in [-0.4, -0.2) is 22.0 Å². The monoisotopic (exact) mass is 247 g/mol. The van der Waals surface area contributed by atoms with Gasteiger partial charge in [-0.15, -0.1) is 0 Å². The quantitative estimate of drug-likeness (QED) is 0.888. The first-order valence-electron chi connectivity index (χ1n) is 6.07. The van der Waals surface area contributed by atoms with E-state index >= 15 is 0 Å². The second-order valence-corrected chi connectivity index (χ2v) is 5.83. The van der Waals surface area contributed by atoms with E-state index in [-0.39, 0.29) is 0 Å². The van der Waals surface area contributed by atoms with Gasteiger partial charge in [-0.05, 0) is 37.1 Å². The van der Waals surface area contributed by atoms with Gasteiger partial charge < -0.3 is 5.32 Å². The standard InChI is InChI=1S/C13H17N3S/c1-2-17-12-7-6-10(8-12)15-13-5-3-4-11(9-14)16-13/h3-5,10,12H,2,6-8H2,1H3,(H,15,16). The third-order valence-electron chi connectivity index (χ3n) is 3.00. The van der Waals surface area contributed by atoms with Crippen molar-refractivity contribution in [1.29, 1.82) is 5.26 Å². The fraction of sp³-hybridized carbons (Fsp3) is 0.538. The van der Waals surface area contributed by atoms with Gasteiger partial charge in [-0.25, -0.2) is 4.98 Å². The van der Waals surface area contributed by atoms with Crippen molar-refractivity contribution in [3.8, 4) is 6.07 Å². The zero-order chi connectivity index (χ0) is 12.1. The van der Waals surface area contributed by atoms with Crippen molar-refractivity contribution in [2.24, 2.45) is 0 Å². The Morgan fingerprint density at radius 1 is 1.53 bits per heavy atom. The highest BCUT2D eigenvalue weighted by Gasteiger charge is 2.24. The SMILES string of the molecule is CCSC1CCC(Nc2cccc(C#N)n2)C1. The molecule has 1 heterocycles. The average molecular weight is 247 g/mol. The second-order valence-electron chi connectivity index (χ2n) is 4.25. The fourth-order valence-electron chi connectivity index (χ4n) is 2.24. The highest BCUT2D eigenvalue weighted by molar-refractivity contribution is 7.99. The summed E-state index contributed by atoms with van der Waals surface area (Å²) in [5, 5.41) is 13.0. The molecular weight excluding hydrogens is 230 g/mol. The first kappa shape index (κ1) is 12.3. The molecule has 2 unspecified atom stereocenters. The van der Waals surface area contributed by atoms with Crippen molar-refractivity contribution < 1.29 is 0 Å². The number of aromatic nitrogens is 1. The van der Waals surface area contributed by atoms with Crippen molar-refractivity contribution in [1.82, 2.24) is 4.98 Å². The molecule has 2 rings (SSSR count). The van der Waals surface area contributed by atoms with Crippen LogP contribution in [0.4, 0.5) is 5.82 Å². The molecule has 1 aliphatic rings. The topological polar surface area (TPSA) is 48.7 Å². The lowest BCUT2D eigenvalue weighted by molar-refractivity contribution is 0.752. The van der Waals surface area contributed by atoms with E-state index in [4.69, 9.17) is 5.26 Å². The maximum Gasteiger partial charge on any atom is 0.142 e. The zero-order valence-corrected chi connectivity index (χ0v) is 10.8. The van der Waals surface area contributed by atoms with Gasteiger partial charge in [0, 0.05) is 11.3 Å². The van der Waals surface area contributed by atoms with Gasteiger partial charge >= 0.3 is 0 Å². The van der Waals surface area contributed by atoms with Crippen molar-refractivity contribution in [2.75, 3.05) is 11.1 Å². The number of thioether (sulfide) groups is 1. The van der Waals surface area contributed by atoms with E-state index in [1.807, 2.05) is 23.9 Å². The van der Waals surface area contributed by atoms with Crippen LogP contribution in [0.25, 0.3) is 0 Å². The van der Waals surface area contributed by atoms with Crippen molar-refractivity contribution in [3.63, 3.8) is 0 Å². The Kier molecular flexibility index (Phi) is 4.27. The van der Waals surface area contributed by atoms with E-state index in [0.717, 1.165) is 11.1 Å². The van der Waals surface area contributed by atoms with E-state index in [0.29, 0.717) is 11.7 Å². The summed E-state index contributed by atoms with van der Waals surface area (Å²) in [6, 6.07) is 8.12. The summed E-state index contributed by atoms with van der Waals surface area (Å²) in [5.41, 5.74) is 0.479. The van der Waals surface area contributed by atoms with Gasteiger partial charge in [0.05, 0.1) is 0 Å². The molecule has 3 nitrogen and oxygen atoms in total. The van der Waals surface area contributed by atoms with E-state index < -0.39 is 0 Å². The third-order valence-corrected chi connectivity index (χ3v) is 4.24. The number of pyridine rings is 1. The Morgan fingerprint density at radius 2 is 2.41 bits per heavy atom. The van der Waals surface area contributed by atoms with E-state index in [1.54, 1.807) is 6.07 Å². The largest absolute Gasteiger partial charge is 0.367 e. The van der Waals surface area contributed by atoms with Crippen LogP contribution in [0.3, 0.4) is 0 Å². The Balaban J connectivity index is 1.91. The highest BCUT2D eigenvalue weighted by atomic mass is 32.2. The van der Waals surface area contributed by atoms with Crippen LogP contribution in [0.2, 0.25) is 0 Å². The average Bonchev–Trinajstić information content (AvgIpc) is 2.77. The molecule has 2 atom stereocenters. The number of nitriles is 1. The summed E-state index contributed by atoms with van der Waals surface area (Å²) in [7, 11) is 0. The molecule has 1 N–H and O–H groups in total. The number of hydrogen-bond acceptors (Lipinski definition) is 4. The minimum atomic E-state index is 0.479. The van der Waals surface area contributed by atoms with E-state index in [9.17, 15) is 0 Å². The van der Waals surface area contributed by atoms with Gasteiger partial charge in [-0.1, -0.05) is 13.0 Å². The van der Waals surface area contributed by atoms with Crippen LogP contribution >= 0.6 is 11.8 Å². The molecule has 17 heavy (non-hydrogen) atoms. The summed E-state index contributed by atoms with van der Waals surface area (Å²) in [4.78, 5) is 4.25. The number of hydrogen-bond donors (Lipinski definition) is 1. The smallest absolute Gasteiger partial charge is 0.142 e. The Labute approximate surface area is 107 Å². The molecule has 0 bridgehead atoms. The summed E-state index contributed by atoms with van der Waals surface area (Å²) >= 11 is 2.05. The maximum atomic E-state index is 8.79. The number of anilines is 1. The number of nitrogens with zero attached hydrogens (tertiary/aromatic N) is 2. The normalized spacial score (nSPS) is 23.3. The van der Waals surface area contributed by atoms with Crippen molar-refractivity contribution >= 4 is 17.6 Å². The molecule has 90 valence electrons. The third kappa shape index (κ3) is 3.37. The molecule has 1 fully saturated rings. The van der Waals surface area contributed by atoms with Crippen LogP contribution in [0.15, 0.2) is 18.2 Å². The predicted molar refractivity (Wildman–Crippen MR) is 72.1 cm³/mol. The van der Waals surface area contributed by atoms with Crippen LogP contribution in [0.5, 0.6) is 0 Å². The maximum absolute atomic E-state index is 8.79. The number of rotatable bonds is 4. The van der Waals surface area contributed by atoms with Crippen LogP contribution in [0.1, 0.15) is 31.9 Å². The molecule has 0 aromatic carbocycles. The highest BCUT2D eigenvalue weighted by Crippen LogP contribution is 2.31. The van der Waals surface area contributed by atoms with Gasteiger partial charge in [0.2, 0.25) is 0 Å². The Morgan fingerprint density at radius 3 is 3.18 bits per heavy atom. The Hall–Kier alpha value is -1.21. The van der Waals surface area contributed by atoms with E-state index in [1.165, 1.54) is 25.0 Å². The van der Waals surface area contributed by atoms with E-state index in [2.05, 4.69) is 23.3 Å². The molecular formula is C13H17N3S. The lowest BCUT2D eigenvalue weighted by Gasteiger charge is -2.13. The first-order valence-corrected chi connectivity index (χ1v) is 7.12. The number of nitrogens with one attached hydrogen (secondary N) is 1. The molecule has 1 aromatic heterocycles. The molecule has 0 aliphatic heterocycles. The molecule has 0 radical (unpaired) electrons. The zero-order valence-electron chi connectivity index (χ0n) is 10.0. The molecule has 1 saturated carbocycles. The van der Waals surface area contributed by atoms with Crippen molar-refractivity contribution in [3.05, 3.63) is 23.9 Å².